The molecule has 2 amide bonds. The molecule has 6 heteroatoms. The zero-order chi connectivity index (χ0) is 17.7. The van der Waals surface area contributed by atoms with Crippen molar-refractivity contribution in [1.29, 1.82) is 0 Å². The molecule has 0 unspecified atom stereocenters. The van der Waals surface area contributed by atoms with Crippen molar-refractivity contribution in [3.8, 4) is 0 Å². The molecule has 2 rings (SSSR count). The summed E-state index contributed by atoms with van der Waals surface area (Å²) in [5.41, 5.74) is 5.97. The summed E-state index contributed by atoms with van der Waals surface area (Å²) in [6.45, 7) is 12.3. The average Bonchev–Trinajstić information content (AvgIpc) is 2.61. The Labute approximate surface area is 146 Å². The van der Waals surface area contributed by atoms with E-state index in [1.165, 1.54) is 0 Å². The molecule has 2 fully saturated rings. The lowest BCUT2D eigenvalue weighted by atomic mass is 9.92. The number of carbonyl (C=O) groups excluding carboxylic acids is 2. The minimum Gasteiger partial charge on any atom is -0.341 e. The number of hydrogen-bond donors (Lipinski definition) is 1. The van der Waals surface area contributed by atoms with Gasteiger partial charge in [-0.2, -0.15) is 0 Å². The van der Waals surface area contributed by atoms with Gasteiger partial charge in [-0.15, -0.1) is 0 Å². The predicted octanol–water partition coefficient (Wildman–Crippen LogP) is 0.763. The van der Waals surface area contributed by atoms with Crippen molar-refractivity contribution in [2.45, 2.75) is 46.1 Å². The zero-order valence-electron chi connectivity index (χ0n) is 15.5. The molecule has 1 atom stereocenters. The minimum absolute atomic E-state index is 0.0606. The number of carbonyl (C=O) groups is 2. The maximum Gasteiger partial charge on any atom is 0.239 e. The number of hydrogen-bond acceptors (Lipinski definition) is 4. The molecule has 138 valence electrons. The second-order valence-electron chi connectivity index (χ2n) is 7.56. The summed E-state index contributed by atoms with van der Waals surface area (Å²) in [4.78, 5) is 31.1. The highest BCUT2D eigenvalue weighted by molar-refractivity contribution is 5.82. The second-order valence-corrected chi connectivity index (χ2v) is 7.56. The van der Waals surface area contributed by atoms with Gasteiger partial charge in [-0.1, -0.05) is 20.8 Å². The average molecular weight is 338 g/mol. The summed E-state index contributed by atoms with van der Waals surface area (Å²) in [5.74, 6) is 0.916. The van der Waals surface area contributed by atoms with Gasteiger partial charge in [0.25, 0.3) is 0 Å². The fourth-order valence-electron chi connectivity index (χ4n) is 3.54. The number of likely N-dealkylation sites (tertiary alicyclic amines) is 1. The van der Waals surface area contributed by atoms with Crippen molar-refractivity contribution in [3.63, 3.8) is 0 Å². The largest absolute Gasteiger partial charge is 0.341 e. The van der Waals surface area contributed by atoms with Crippen LogP contribution in [0.3, 0.4) is 0 Å². The van der Waals surface area contributed by atoms with E-state index in [4.69, 9.17) is 5.73 Å². The third-order valence-corrected chi connectivity index (χ3v) is 5.57. The van der Waals surface area contributed by atoms with Crippen LogP contribution in [0.2, 0.25) is 0 Å². The second kappa shape index (κ2) is 8.81. The van der Waals surface area contributed by atoms with Crippen molar-refractivity contribution >= 4 is 11.8 Å². The van der Waals surface area contributed by atoms with Gasteiger partial charge in [0, 0.05) is 45.7 Å². The summed E-state index contributed by atoms with van der Waals surface area (Å²) < 4.78 is 0. The maximum atomic E-state index is 12.5. The van der Waals surface area contributed by atoms with E-state index in [-0.39, 0.29) is 17.7 Å². The smallest absolute Gasteiger partial charge is 0.239 e. The first-order valence-electron chi connectivity index (χ1n) is 9.46. The number of nitrogens with zero attached hydrogens (tertiary/aromatic N) is 3. The number of piperazine rings is 1. The Morgan fingerprint density at radius 3 is 2.08 bits per heavy atom. The molecular formula is C18H34N4O2. The van der Waals surface area contributed by atoms with Crippen LogP contribution in [-0.2, 0) is 9.59 Å². The third-order valence-electron chi connectivity index (χ3n) is 5.57. The summed E-state index contributed by atoms with van der Waals surface area (Å²) in [6.07, 6.45) is 2.46. The van der Waals surface area contributed by atoms with Gasteiger partial charge < -0.3 is 20.4 Å². The van der Waals surface area contributed by atoms with E-state index in [2.05, 4.69) is 11.8 Å². The molecule has 24 heavy (non-hydrogen) atoms. The molecule has 0 radical (unpaired) electrons. The Morgan fingerprint density at radius 2 is 1.58 bits per heavy atom. The van der Waals surface area contributed by atoms with Crippen LogP contribution in [0.1, 0.15) is 40.0 Å². The van der Waals surface area contributed by atoms with Gasteiger partial charge in [0.1, 0.15) is 0 Å². The minimum atomic E-state index is -0.405. The molecule has 0 aliphatic carbocycles. The topological polar surface area (TPSA) is 69.9 Å². The quantitative estimate of drug-likeness (QED) is 0.804. The van der Waals surface area contributed by atoms with Gasteiger partial charge in [-0.3, -0.25) is 9.59 Å². The van der Waals surface area contributed by atoms with Crippen molar-refractivity contribution in [3.05, 3.63) is 0 Å². The molecule has 2 saturated heterocycles. The third kappa shape index (κ3) is 4.93. The molecule has 2 N–H and O–H groups in total. The van der Waals surface area contributed by atoms with Crippen molar-refractivity contribution in [1.82, 2.24) is 14.7 Å². The van der Waals surface area contributed by atoms with Gasteiger partial charge >= 0.3 is 0 Å². The maximum absolute atomic E-state index is 12.5. The Hall–Kier alpha value is -1.14. The van der Waals surface area contributed by atoms with E-state index in [9.17, 15) is 9.59 Å². The monoisotopic (exact) mass is 338 g/mol. The van der Waals surface area contributed by atoms with Crippen molar-refractivity contribution < 1.29 is 9.59 Å². The van der Waals surface area contributed by atoms with Gasteiger partial charge in [-0.25, -0.2) is 0 Å². The molecule has 6 nitrogen and oxygen atoms in total. The van der Waals surface area contributed by atoms with Gasteiger partial charge in [0.2, 0.25) is 11.8 Å². The molecule has 0 bridgehead atoms. The normalized spacial score (nSPS) is 22.0. The fraction of sp³-hybridized carbons (Fsp3) is 0.889. The Balaban J connectivity index is 1.73. The van der Waals surface area contributed by atoms with Gasteiger partial charge in [0.15, 0.2) is 0 Å². The SMILES string of the molecule is CCN1CCN(C(=O)CC2CCN(C(=O)[C@@H](N)C(C)C)CC2)CC1. The molecule has 2 aliphatic heterocycles. The van der Waals surface area contributed by atoms with E-state index in [1.54, 1.807) is 0 Å². The molecule has 2 heterocycles. The summed E-state index contributed by atoms with van der Waals surface area (Å²) >= 11 is 0. The van der Waals surface area contributed by atoms with Crippen molar-refractivity contribution in [2.75, 3.05) is 45.8 Å². The summed E-state index contributed by atoms with van der Waals surface area (Å²) in [5, 5.41) is 0. The van der Waals surface area contributed by atoms with Crippen LogP contribution in [-0.4, -0.2) is 78.4 Å². The van der Waals surface area contributed by atoms with E-state index in [0.29, 0.717) is 12.3 Å². The van der Waals surface area contributed by atoms with E-state index < -0.39 is 6.04 Å². The highest BCUT2D eigenvalue weighted by Gasteiger charge is 2.29. The first-order valence-corrected chi connectivity index (χ1v) is 9.46. The number of rotatable bonds is 5. The van der Waals surface area contributed by atoms with Crippen molar-refractivity contribution in [2.24, 2.45) is 17.6 Å². The molecule has 0 aromatic carbocycles. The first kappa shape index (κ1) is 19.2. The lowest BCUT2D eigenvalue weighted by Crippen LogP contribution is -2.50. The van der Waals surface area contributed by atoms with Gasteiger partial charge in [-0.05, 0) is 31.2 Å². The molecule has 0 saturated carbocycles. The van der Waals surface area contributed by atoms with Crippen LogP contribution in [0, 0.1) is 11.8 Å². The summed E-state index contributed by atoms with van der Waals surface area (Å²) in [6, 6.07) is -0.405. The fourth-order valence-corrected chi connectivity index (χ4v) is 3.54. The van der Waals surface area contributed by atoms with Crippen LogP contribution >= 0.6 is 0 Å². The molecule has 2 aliphatic rings. The molecule has 0 aromatic heterocycles. The number of nitrogens with two attached hydrogens (primary N) is 1. The zero-order valence-corrected chi connectivity index (χ0v) is 15.5. The standard InChI is InChI=1S/C18H34N4O2/c1-4-20-9-11-21(12-10-20)16(23)13-15-5-7-22(8-6-15)18(24)17(19)14(2)3/h14-15,17H,4-13,19H2,1-3H3/t17-/m0/s1. The van der Waals surface area contributed by atoms with E-state index in [0.717, 1.165) is 58.7 Å². The molecule has 0 aromatic rings. The number of likely N-dealkylation sites (N-methyl/N-ethyl adjacent to an activating group) is 1. The van der Waals surface area contributed by atoms with Crippen LogP contribution in [0.15, 0.2) is 0 Å². The molecular weight excluding hydrogens is 304 g/mol. The molecule has 0 spiro atoms. The van der Waals surface area contributed by atoms with Gasteiger partial charge in [0.05, 0.1) is 6.04 Å². The van der Waals surface area contributed by atoms with E-state index >= 15 is 0 Å². The van der Waals surface area contributed by atoms with E-state index in [1.807, 2.05) is 23.6 Å². The lowest BCUT2D eigenvalue weighted by molar-refractivity contribution is -0.136. The van der Waals surface area contributed by atoms with Crippen LogP contribution in [0.25, 0.3) is 0 Å². The van der Waals surface area contributed by atoms with Crippen LogP contribution < -0.4 is 5.73 Å². The summed E-state index contributed by atoms with van der Waals surface area (Å²) in [7, 11) is 0. The van der Waals surface area contributed by atoms with Crippen LogP contribution in [0.4, 0.5) is 0 Å². The Bertz CT molecular complexity index is 425. The number of amides is 2. The van der Waals surface area contributed by atoms with Crippen LogP contribution in [0.5, 0.6) is 0 Å². The first-order chi connectivity index (χ1) is 11.4. The lowest BCUT2D eigenvalue weighted by Gasteiger charge is -2.37. The number of piperidine rings is 1. The Morgan fingerprint density at radius 1 is 1.00 bits per heavy atom. The highest BCUT2D eigenvalue weighted by atomic mass is 16.2. The predicted molar refractivity (Wildman–Crippen MR) is 95.4 cm³/mol. The Kier molecular flexibility index (Phi) is 7.04. The highest BCUT2D eigenvalue weighted by Crippen LogP contribution is 2.22.